The van der Waals surface area contributed by atoms with E-state index < -0.39 is 0 Å². The second-order valence-corrected chi connectivity index (χ2v) is 8.84. The number of carbonyl (C=O) groups excluding carboxylic acids is 1. The van der Waals surface area contributed by atoms with Crippen molar-refractivity contribution in [2.24, 2.45) is 0 Å². The number of hydrogen-bond acceptors (Lipinski definition) is 6. The third-order valence-electron chi connectivity index (χ3n) is 3.79. The molecule has 26 heavy (non-hydrogen) atoms. The van der Waals surface area contributed by atoms with E-state index in [0.717, 1.165) is 26.8 Å². The van der Waals surface area contributed by atoms with Crippen LogP contribution >= 0.6 is 34.4 Å². The topological polar surface area (TPSA) is 36.4 Å². The maximum absolute atomic E-state index is 12.8. The fourth-order valence-corrected chi connectivity index (χ4v) is 4.53. The zero-order valence-electron chi connectivity index (χ0n) is 15.0. The summed E-state index contributed by atoms with van der Waals surface area (Å²) < 4.78 is 1.11. The van der Waals surface area contributed by atoms with Crippen molar-refractivity contribution in [2.75, 3.05) is 38.3 Å². The predicted octanol–water partition coefficient (Wildman–Crippen LogP) is 4.69. The molecule has 2 aromatic heterocycles. The van der Waals surface area contributed by atoms with Crippen molar-refractivity contribution in [1.82, 2.24) is 9.88 Å². The summed E-state index contributed by atoms with van der Waals surface area (Å²) in [7, 11) is 4.01. The van der Waals surface area contributed by atoms with Crippen molar-refractivity contribution in [3.05, 3.63) is 46.7 Å². The monoisotopic (exact) mass is 403 g/mol. The fourth-order valence-electron chi connectivity index (χ4n) is 2.36. The summed E-state index contributed by atoms with van der Waals surface area (Å²) in [4.78, 5) is 23.7. The summed E-state index contributed by atoms with van der Waals surface area (Å²) >= 11 is 4.90. The van der Waals surface area contributed by atoms with Gasteiger partial charge in [0.2, 0.25) is 0 Å². The molecule has 7 heteroatoms. The van der Waals surface area contributed by atoms with E-state index in [1.165, 1.54) is 4.90 Å². The molecule has 0 bridgehead atoms. The third-order valence-corrected chi connectivity index (χ3v) is 6.39. The highest BCUT2D eigenvalue weighted by molar-refractivity contribution is 7.98. The van der Waals surface area contributed by atoms with Crippen LogP contribution in [0.2, 0.25) is 0 Å². The number of hydrogen-bond donors (Lipinski definition) is 0. The van der Waals surface area contributed by atoms with Gasteiger partial charge in [-0.1, -0.05) is 17.4 Å². The molecule has 0 aliphatic rings. The minimum absolute atomic E-state index is 0.0376. The van der Waals surface area contributed by atoms with Crippen LogP contribution in [0.1, 0.15) is 4.88 Å². The van der Waals surface area contributed by atoms with E-state index in [1.54, 1.807) is 45.4 Å². The molecule has 3 rings (SSSR count). The second kappa shape index (κ2) is 8.81. The molecule has 0 atom stereocenters. The van der Waals surface area contributed by atoms with Crippen LogP contribution in [0.5, 0.6) is 0 Å². The van der Waals surface area contributed by atoms with Crippen molar-refractivity contribution in [3.63, 3.8) is 0 Å². The number of thiophene rings is 1. The van der Waals surface area contributed by atoms with Crippen LogP contribution in [-0.4, -0.2) is 49.2 Å². The highest BCUT2D eigenvalue weighted by Gasteiger charge is 2.18. The summed E-state index contributed by atoms with van der Waals surface area (Å²) in [5.74, 6) is -0.0376. The van der Waals surface area contributed by atoms with Gasteiger partial charge >= 0.3 is 0 Å². The number of amides is 1. The molecule has 2 heterocycles. The van der Waals surface area contributed by atoms with Crippen LogP contribution in [0.25, 0.3) is 16.3 Å². The van der Waals surface area contributed by atoms with E-state index in [0.29, 0.717) is 6.54 Å². The minimum Gasteiger partial charge on any atom is -0.308 e. The summed E-state index contributed by atoms with van der Waals surface area (Å²) in [6, 6.07) is 10.2. The number of thiazole rings is 1. The Kier molecular flexibility index (Phi) is 6.48. The van der Waals surface area contributed by atoms with Gasteiger partial charge in [-0.15, -0.1) is 23.1 Å². The lowest BCUT2D eigenvalue weighted by molar-refractivity contribution is -0.114. The van der Waals surface area contributed by atoms with E-state index in [9.17, 15) is 4.79 Å². The number of thioether (sulfide) groups is 1. The van der Waals surface area contributed by atoms with Crippen molar-refractivity contribution in [2.45, 2.75) is 4.90 Å². The predicted molar refractivity (Wildman–Crippen MR) is 116 cm³/mol. The van der Waals surface area contributed by atoms with Crippen LogP contribution < -0.4 is 4.90 Å². The zero-order valence-corrected chi connectivity index (χ0v) is 17.5. The Morgan fingerprint density at radius 1 is 1.27 bits per heavy atom. The van der Waals surface area contributed by atoms with Crippen LogP contribution in [0, 0.1) is 0 Å². The lowest BCUT2D eigenvalue weighted by atomic mass is 10.3. The molecular formula is C19H21N3OS3. The van der Waals surface area contributed by atoms with Gasteiger partial charge in [0.1, 0.15) is 0 Å². The number of anilines is 1. The van der Waals surface area contributed by atoms with Crippen molar-refractivity contribution >= 4 is 61.8 Å². The summed E-state index contributed by atoms with van der Waals surface area (Å²) in [5.41, 5.74) is 0.938. The average molecular weight is 404 g/mol. The molecule has 0 aliphatic carbocycles. The van der Waals surface area contributed by atoms with Gasteiger partial charge in [-0.2, -0.15) is 0 Å². The lowest BCUT2D eigenvalue weighted by Crippen LogP contribution is -2.35. The molecule has 0 N–H and O–H groups in total. The molecule has 0 saturated heterocycles. The second-order valence-electron chi connectivity index (χ2n) is 5.97. The molecule has 3 aromatic rings. The SMILES string of the molecule is CSc1ccc2nc(N(CCN(C)C)C(=O)C=Cc3cccs3)sc2c1. The number of benzene rings is 1. The molecule has 0 radical (unpaired) electrons. The molecule has 0 saturated carbocycles. The molecule has 1 amide bonds. The quantitative estimate of drug-likeness (QED) is 0.424. The number of rotatable bonds is 7. The van der Waals surface area contributed by atoms with Crippen molar-refractivity contribution in [1.29, 1.82) is 0 Å². The maximum atomic E-state index is 12.8. The van der Waals surface area contributed by atoms with Gasteiger partial charge < -0.3 is 4.90 Å². The summed E-state index contributed by atoms with van der Waals surface area (Å²) in [6.07, 6.45) is 5.57. The van der Waals surface area contributed by atoms with Crippen molar-refractivity contribution < 1.29 is 4.79 Å². The summed E-state index contributed by atoms with van der Waals surface area (Å²) in [5, 5.41) is 2.76. The maximum Gasteiger partial charge on any atom is 0.252 e. The largest absolute Gasteiger partial charge is 0.308 e. The van der Waals surface area contributed by atoms with Gasteiger partial charge in [-0.25, -0.2) is 4.98 Å². The smallest absolute Gasteiger partial charge is 0.252 e. The number of nitrogens with zero attached hydrogens (tertiary/aromatic N) is 3. The Balaban J connectivity index is 1.88. The molecular weight excluding hydrogens is 382 g/mol. The van der Waals surface area contributed by atoms with Gasteiger partial charge in [0.05, 0.1) is 10.2 Å². The van der Waals surface area contributed by atoms with E-state index in [-0.39, 0.29) is 5.91 Å². The fraction of sp³-hybridized carbons (Fsp3) is 0.263. The number of likely N-dealkylation sites (N-methyl/N-ethyl adjacent to an activating group) is 1. The van der Waals surface area contributed by atoms with Gasteiger partial charge in [-0.05, 0) is 56.1 Å². The molecule has 0 unspecified atom stereocenters. The third kappa shape index (κ3) is 4.73. The number of fused-ring (bicyclic) bond motifs is 1. The van der Waals surface area contributed by atoms with Gasteiger partial charge in [-0.3, -0.25) is 9.69 Å². The molecule has 1 aromatic carbocycles. The Morgan fingerprint density at radius 2 is 2.12 bits per heavy atom. The van der Waals surface area contributed by atoms with Gasteiger partial charge in [0.25, 0.3) is 5.91 Å². The number of aromatic nitrogens is 1. The molecule has 4 nitrogen and oxygen atoms in total. The first-order valence-corrected chi connectivity index (χ1v) is 11.1. The Labute approximate surface area is 166 Å². The first kappa shape index (κ1) is 19.1. The van der Waals surface area contributed by atoms with E-state index in [4.69, 9.17) is 4.98 Å². The van der Waals surface area contributed by atoms with Crippen LogP contribution in [0.15, 0.2) is 46.7 Å². The zero-order chi connectivity index (χ0) is 18.5. The molecule has 0 fully saturated rings. The number of carbonyl (C=O) groups is 1. The van der Waals surface area contributed by atoms with Gasteiger partial charge in [0.15, 0.2) is 5.13 Å². The Hall–Kier alpha value is -1.67. The Bertz CT molecular complexity index is 900. The van der Waals surface area contributed by atoms with E-state index >= 15 is 0 Å². The van der Waals surface area contributed by atoms with Crippen LogP contribution in [-0.2, 0) is 4.79 Å². The highest BCUT2D eigenvalue weighted by Crippen LogP contribution is 2.31. The Morgan fingerprint density at radius 3 is 2.81 bits per heavy atom. The first-order valence-electron chi connectivity index (χ1n) is 8.19. The lowest BCUT2D eigenvalue weighted by Gasteiger charge is -2.20. The van der Waals surface area contributed by atoms with E-state index in [2.05, 4.69) is 23.3 Å². The first-order chi connectivity index (χ1) is 12.6. The molecule has 0 spiro atoms. The van der Waals surface area contributed by atoms with Crippen LogP contribution in [0.3, 0.4) is 0 Å². The highest BCUT2D eigenvalue weighted by atomic mass is 32.2. The summed E-state index contributed by atoms with van der Waals surface area (Å²) in [6.45, 7) is 1.39. The normalized spacial score (nSPS) is 11.7. The standard InChI is InChI=1S/C19H21N3OS3/c1-21(2)10-11-22(18(23)9-7-14-5-4-12-25-14)19-20-16-8-6-15(24-3)13-17(16)26-19/h4-9,12-13H,10-11H2,1-3H3. The minimum atomic E-state index is -0.0376. The molecule has 0 aliphatic heterocycles. The molecule has 136 valence electrons. The van der Waals surface area contributed by atoms with Crippen molar-refractivity contribution in [3.8, 4) is 0 Å². The van der Waals surface area contributed by atoms with Gasteiger partial charge in [0, 0.05) is 28.9 Å². The van der Waals surface area contributed by atoms with E-state index in [1.807, 2.05) is 43.8 Å². The average Bonchev–Trinajstić information content (AvgIpc) is 3.28. The van der Waals surface area contributed by atoms with Crippen LogP contribution in [0.4, 0.5) is 5.13 Å².